The molecular formula is C21H14N4O3S2. The molecule has 9 heteroatoms. The maximum atomic E-state index is 12.8. The van der Waals surface area contributed by atoms with Gasteiger partial charge in [-0.25, -0.2) is 19.1 Å². The fourth-order valence-electron chi connectivity index (χ4n) is 3.14. The second-order valence-electron chi connectivity index (χ2n) is 6.43. The van der Waals surface area contributed by atoms with Crippen molar-refractivity contribution in [2.45, 2.75) is 11.8 Å². The number of carbonyl (C=O) groups is 2. The molecule has 1 N–H and O–H groups in total. The van der Waals surface area contributed by atoms with Gasteiger partial charge < -0.3 is 10.1 Å². The van der Waals surface area contributed by atoms with Gasteiger partial charge in [-0.2, -0.15) is 0 Å². The average Bonchev–Trinajstić information content (AvgIpc) is 3.11. The Morgan fingerprint density at radius 1 is 1.17 bits per heavy atom. The van der Waals surface area contributed by atoms with Gasteiger partial charge in [0.1, 0.15) is 10.6 Å². The first kappa shape index (κ1) is 18.6. The number of urea groups is 1. The molecule has 7 nitrogen and oxygen atoms in total. The molecule has 1 aromatic carbocycles. The molecule has 148 valence electrons. The van der Waals surface area contributed by atoms with E-state index < -0.39 is 0 Å². The number of thiophene rings is 1. The molecule has 0 radical (unpaired) electrons. The molecule has 4 aromatic rings. The molecule has 0 aliphatic carbocycles. The lowest BCUT2D eigenvalue weighted by Gasteiger charge is -2.27. The van der Waals surface area contributed by atoms with Crippen LogP contribution < -0.4 is 14.4 Å². The molecule has 0 unspecified atom stereocenters. The summed E-state index contributed by atoms with van der Waals surface area (Å²) in [6, 6.07) is 14.5. The number of aldehydes is 1. The number of anilines is 2. The van der Waals surface area contributed by atoms with Crippen molar-refractivity contribution in [1.82, 2.24) is 9.97 Å². The van der Waals surface area contributed by atoms with E-state index in [2.05, 4.69) is 15.3 Å². The Labute approximate surface area is 179 Å². The van der Waals surface area contributed by atoms with Crippen LogP contribution in [0.4, 0.5) is 16.2 Å². The van der Waals surface area contributed by atoms with Gasteiger partial charge in [-0.15, -0.1) is 11.3 Å². The number of aryl methyl sites for hydroxylation is 1. The quantitative estimate of drug-likeness (QED) is 0.322. The van der Waals surface area contributed by atoms with Crippen molar-refractivity contribution in [1.29, 1.82) is 0 Å². The Balaban J connectivity index is 1.47. The fourth-order valence-corrected chi connectivity index (χ4v) is 4.96. The first-order chi connectivity index (χ1) is 14.6. The summed E-state index contributed by atoms with van der Waals surface area (Å²) in [6.07, 6.45) is 2.38. The van der Waals surface area contributed by atoms with Gasteiger partial charge >= 0.3 is 6.03 Å². The fraction of sp³-hybridized carbons (Fsp3) is 0.0476. The summed E-state index contributed by atoms with van der Waals surface area (Å²) in [5.41, 5.74) is 1.95. The molecule has 0 spiro atoms. The van der Waals surface area contributed by atoms with Crippen LogP contribution in [-0.2, 0) is 0 Å². The van der Waals surface area contributed by atoms with Gasteiger partial charge in [-0.05, 0) is 43.1 Å². The number of pyridine rings is 2. The van der Waals surface area contributed by atoms with Crippen LogP contribution in [0.1, 0.15) is 15.4 Å². The minimum Gasteiger partial charge on any atom is -0.439 e. The van der Waals surface area contributed by atoms with Gasteiger partial charge in [0, 0.05) is 12.3 Å². The second-order valence-corrected chi connectivity index (χ2v) is 8.45. The molecule has 1 aliphatic rings. The predicted molar refractivity (Wildman–Crippen MR) is 118 cm³/mol. The second kappa shape index (κ2) is 7.43. The van der Waals surface area contributed by atoms with Crippen molar-refractivity contribution in [2.75, 3.05) is 9.62 Å². The molecule has 0 bridgehead atoms. The molecule has 5 rings (SSSR count). The van der Waals surface area contributed by atoms with Gasteiger partial charge in [0.05, 0.1) is 32.2 Å². The first-order valence-corrected chi connectivity index (χ1v) is 10.6. The topological polar surface area (TPSA) is 84.4 Å². The maximum Gasteiger partial charge on any atom is 0.336 e. The van der Waals surface area contributed by atoms with E-state index in [0.717, 1.165) is 22.3 Å². The Bertz CT molecular complexity index is 1290. The maximum absolute atomic E-state index is 12.8. The minimum atomic E-state index is -0.328. The predicted octanol–water partition coefficient (Wildman–Crippen LogP) is 5.66. The van der Waals surface area contributed by atoms with Crippen LogP contribution >= 0.6 is 23.3 Å². The number of carbonyl (C=O) groups excluding carboxylic acids is 2. The standard InChI is InChI=1S/C21H14N4O3S2/c1-12-15(7-8-17(23-12)28-13-5-3-2-4-6-13)30-25-14-9-10-22-20-18(14)19(24-21(25)27)16(11-26)29-20/h2-11H,1H3,(H,24,27). The number of para-hydroxylation sites is 1. The molecular weight excluding hydrogens is 420 g/mol. The molecule has 3 aromatic heterocycles. The van der Waals surface area contributed by atoms with Crippen LogP contribution in [0.5, 0.6) is 11.6 Å². The summed E-state index contributed by atoms with van der Waals surface area (Å²) in [4.78, 5) is 35.0. The number of amides is 2. The van der Waals surface area contributed by atoms with Crippen LogP contribution in [0.25, 0.3) is 10.2 Å². The summed E-state index contributed by atoms with van der Waals surface area (Å²) < 4.78 is 7.34. The highest BCUT2D eigenvalue weighted by molar-refractivity contribution is 8.01. The van der Waals surface area contributed by atoms with Gasteiger partial charge in [0.15, 0.2) is 6.29 Å². The van der Waals surface area contributed by atoms with Crippen LogP contribution in [0.3, 0.4) is 0 Å². The number of hydrogen-bond donors (Lipinski definition) is 1. The number of nitrogens with zero attached hydrogens (tertiary/aromatic N) is 3. The van der Waals surface area contributed by atoms with Crippen LogP contribution in [0.15, 0.2) is 59.6 Å². The molecule has 2 amide bonds. The van der Waals surface area contributed by atoms with Crippen molar-refractivity contribution in [3.63, 3.8) is 0 Å². The van der Waals surface area contributed by atoms with E-state index in [-0.39, 0.29) is 6.03 Å². The summed E-state index contributed by atoms with van der Waals surface area (Å²) in [6.45, 7) is 1.87. The minimum absolute atomic E-state index is 0.328. The number of hydrogen-bond acceptors (Lipinski definition) is 7. The first-order valence-electron chi connectivity index (χ1n) is 9.00. The average molecular weight is 435 g/mol. The van der Waals surface area contributed by atoms with E-state index in [4.69, 9.17) is 4.74 Å². The number of ether oxygens (including phenoxy) is 1. The lowest BCUT2D eigenvalue weighted by atomic mass is 10.2. The van der Waals surface area contributed by atoms with E-state index in [1.54, 1.807) is 22.6 Å². The Hall–Kier alpha value is -3.43. The summed E-state index contributed by atoms with van der Waals surface area (Å²) >= 11 is 2.52. The molecule has 4 heterocycles. The van der Waals surface area contributed by atoms with Crippen LogP contribution in [-0.4, -0.2) is 22.3 Å². The lowest BCUT2D eigenvalue weighted by Crippen LogP contribution is -2.32. The van der Waals surface area contributed by atoms with Crippen LogP contribution in [0, 0.1) is 6.92 Å². The van der Waals surface area contributed by atoms with Gasteiger partial charge in [0.25, 0.3) is 0 Å². The van der Waals surface area contributed by atoms with Crippen molar-refractivity contribution in [3.05, 3.63) is 65.3 Å². The highest BCUT2D eigenvalue weighted by Gasteiger charge is 2.31. The molecule has 0 atom stereocenters. The zero-order valence-electron chi connectivity index (χ0n) is 15.7. The number of aromatic nitrogens is 2. The zero-order valence-corrected chi connectivity index (χ0v) is 17.3. The van der Waals surface area contributed by atoms with Gasteiger partial charge in [0.2, 0.25) is 5.88 Å². The van der Waals surface area contributed by atoms with E-state index in [0.29, 0.717) is 32.7 Å². The largest absolute Gasteiger partial charge is 0.439 e. The van der Waals surface area contributed by atoms with E-state index in [1.165, 1.54) is 23.3 Å². The van der Waals surface area contributed by atoms with Crippen molar-refractivity contribution in [2.24, 2.45) is 0 Å². The monoisotopic (exact) mass is 434 g/mol. The third kappa shape index (κ3) is 3.17. The normalized spacial score (nSPS) is 12.7. The lowest BCUT2D eigenvalue weighted by molar-refractivity contribution is 0.112. The number of rotatable bonds is 5. The zero-order chi connectivity index (χ0) is 20.7. The Morgan fingerprint density at radius 3 is 2.77 bits per heavy atom. The summed E-state index contributed by atoms with van der Waals surface area (Å²) in [5, 5.41) is 3.59. The number of nitrogens with one attached hydrogen (secondary N) is 1. The smallest absolute Gasteiger partial charge is 0.336 e. The SMILES string of the molecule is Cc1nc(Oc2ccccc2)ccc1SN1C(=O)Nc2c(C=O)sc3nccc1c23. The third-order valence-electron chi connectivity index (χ3n) is 4.51. The van der Waals surface area contributed by atoms with Crippen molar-refractivity contribution in [3.8, 4) is 11.6 Å². The molecule has 0 saturated carbocycles. The van der Waals surface area contributed by atoms with Crippen LogP contribution in [0.2, 0.25) is 0 Å². The Morgan fingerprint density at radius 2 is 2.00 bits per heavy atom. The Kier molecular flexibility index (Phi) is 4.61. The van der Waals surface area contributed by atoms with E-state index in [1.807, 2.05) is 43.3 Å². The number of benzene rings is 1. The van der Waals surface area contributed by atoms with Gasteiger partial charge in [-0.3, -0.25) is 4.79 Å². The molecule has 30 heavy (non-hydrogen) atoms. The van der Waals surface area contributed by atoms with E-state index in [9.17, 15) is 9.59 Å². The summed E-state index contributed by atoms with van der Waals surface area (Å²) in [5.74, 6) is 1.18. The van der Waals surface area contributed by atoms with Crippen molar-refractivity contribution >= 4 is 57.2 Å². The van der Waals surface area contributed by atoms with Gasteiger partial charge in [-0.1, -0.05) is 18.2 Å². The highest BCUT2D eigenvalue weighted by atomic mass is 32.2. The summed E-state index contributed by atoms with van der Waals surface area (Å²) in [7, 11) is 0. The molecule has 0 saturated heterocycles. The molecule has 0 fully saturated rings. The molecule has 1 aliphatic heterocycles. The highest BCUT2D eigenvalue weighted by Crippen LogP contribution is 2.46. The third-order valence-corrected chi connectivity index (χ3v) is 6.70. The van der Waals surface area contributed by atoms with Crippen molar-refractivity contribution < 1.29 is 14.3 Å². The van der Waals surface area contributed by atoms with E-state index >= 15 is 0 Å².